The molecule has 0 unspecified atom stereocenters. The van der Waals surface area contributed by atoms with Gasteiger partial charge in [-0.25, -0.2) is 13.6 Å². The highest BCUT2D eigenvalue weighted by molar-refractivity contribution is 5.89. The zero-order valence-electron chi connectivity index (χ0n) is 13.1. The predicted molar refractivity (Wildman–Crippen MR) is 86.5 cm³/mol. The Morgan fingerprint density at radius 2 is 1.88 bits per heavy atom. The quantitative estimate of drug-likeness (QED) is 0.940. The van der Waals surface area contributed by atoms with Gasteiger partial charge in [-0.15, -0.1) is 0 Å². The minimum absolute atomic E-state index is 0.245. The van der Waals surface area contributed by atoms with E-state index in [4.69, 9.17) is 0 Å². The van der Waals surface area contributed by atoms with Crippen LogP contribution in [-0.4, -0.2) is 47.0 Å². The Morgan fingerprint density at radius 3 is 2.54 bits per heavy atom. The van der Waals surface area contributed by atoms with Crippen LogP contribution >= 0.6 is 0 Å². The number of piperazine rings is 1. The highest BCUT2D eigenvalue weighted by atomic mass is 19.2. The number of benzene rings is 1. The minimum atomic E-state index is -0.979. The molecule has 1 saturated heterocycles. The number of rotatable bonds is 3. The van der Waals surface area contributed by atoms with Gasteiger partial charge in [-0.2, -0.15) is 0 Å². The first kappa shape index (κ1) is 16.3. The zero-order valence-corrected chi connectivity index (χ0v) is 13.1. The van der Waals surface area contributed by atoms with Gasteiger partial charge in [0.15, 0.2) is 11.6 Å². The van der Waals surface area contributed by atoms with E-state index >= 15 is 0 Å². The lowest BCUT2D eigenvalue weighted by Gasteiger charge is -2.34. The first-order valence-electron chi connectivity index (χ1n) is 7.75. The van der Waals surface area contributed by atoms with Crippen LogP contribution in [-0.2, 0) is 6.54 Å². The van der Waals surface area contributed by atoms with Gasteiger partial charge < -0.3 is 10.2 Å². The average molecular weight is 332 g/mol. The van der Waals surface area contributed by atoms with Crippen molar-refractivity contribution in [2.24, 2.45) is 0 Å². The van der Waals surface area contributed by atoms with Crippen molar-refractivity contribution in [1.82, 2.24) is 14.8 Å². The first-order chi connectivity index (χ1) is 11.6. The Balaban J connectivity index is 1.50. The summed E-state index contributed by atoms with van der Waals surface area (Å²) in [6.45, 7) is 3.37. The van der Waals surface area contributed by atoms with Gasteiger partial charge in [0, 0.05) is 50.7 Å². The second-order valence-corrected chi connectivity index (χ2v) is 5.64. The molecule has 2 amide bonds. The molecular formula is C17H18F2N4O. The van der Waals surface area contributed by atoms with E-state index in [-0.39, 0.29) is 11.7 Å². The number of urea groups is 1. The number of anilines is 1. The van der Waals surface area contributed by atoms with Crippen LogP contribution in [0.5, 0.6) is 0 Å². The molecule has 24 heavy (non-hydrogen) atoms. The molecule has 1 aromatic carbocycles. The van der Waals surface area contributed by atoms with E-state index in [1.165, 1.54) is 6.07 Å². The van der Waals surface area contributed by atoms with Crippen molar-refractivity contribution in [2.75, 3.05) is 31.5 Å². The van der Waals surface area contributed by atoms with Crippen molar-refractivity contribution in [3.8, 4) is 0 Å². The summed E-state index contributed by atoms with van der Waals surface area (Å²) in [7, 11) is 0. The normalized spacial score (nSPS) is 15.3. The monoisotopic (exact) mass is 332 g/mol. The van der Waals surface area contributed by atoms with Crippen LogP contribution in [0.3, 0.4) is 0 Å². The Morgan fingerprint density at radius 1 is 1.08 bits per heavy atom. The van der Waals surface area contributed by atoms with Crippen LogP contribution in [0, 0.1) is 11.6 Å². The van der Waals surface area contributed by atoms with E-state index in [0.29, 0.717) is 13.1 Å². The number of amides is 2. The smallest absolute Gasteiger partial charge is 0.321 e. The summed E-state index contributed by atoms with van der Waals surface area (Å²) >= 11 is 0. The number of nitrogens with one attached hydrogen (secondary N) is 1. The summed E-state index contributed by atoms with van der Waals surface area (Å²) in [5, 5.41) is 2.59. The van der Waals surface area contributed by atoms with Crippen LogP contribution in [0.25, 0.3) is 0 Å². The molecule has 1 fully saturated rings. The fraction of sp³-hybridized carbons (Fsp3) is 0.294. The molecule has 1 aromatic heterocycles. The second kappa shape index (κ2) is 7.35. The predicted octanol–water partition coefficient (Wildman–Crippen LogP) is 2.71. The molecule has 0 radical (unpaired) electrons. The van der Waals surface area contributed by atoms with Crippen molar-refractivity contribution in [2.45, 2.75) is 6.54 Å². The SMILES string of the molecule is O=C(Nc1ccc(F)c(F)c1)N1CCN(Cc2ccccn2)CC1. The largest absolute Gasteiger partial charge is 0.322 e. The maximum absolute atomic E-state index is 13.2. The second-order valence-electron chi connectivity index (χ2n) is 5.64. The molecule has 0 spiro atoms. The highest BCUT2D eigenvalue weighted by Crippen LogP contribution is 2.14. The fourth-order valence-corrected chi connectivity index (χ4v) is 2.61. The number of hydrogen-bond acceptors (Lipinski definition) is 3. The molecule has 5 nitrogen and oxygen atoms in total. The number of carbonyl (C=O) groups is 1. The molecule has 0 atom stereocenters. The van der Waals surface area contributed by atoms with Crippen LogP contribution in [0.1, 0.15) is 5.69 Å². The van der Waals surface area contributed by atoms with E-state index in [9.17, 15) is 13.6 Å². The molecule has 7 heteroatoms. The Bertz CT molecular complexity index is 703. The van der Waals surface area contributed by atoms with E-state index in [1.54, 1.807) is 11.1 Å². The van der Waals surface area contributed by atoms with Crippen molar-refractivity contribution in [1.29, 1.82) is 0 Å². The molecule has 2 heterocycles. The van der Waals surface area contributed by atoms with Gasteiger partial charge >= 0.3 is 6.03 Å². The first-order valence-corrected chi connectivity index (χ1v) is 7.75. The van der Waals surface area contributed by atoms with Gasteiger partial charge in [-0.3, -0.25) is 9.88 Å². The molecule has 0 saturated carbocycles. The molecule has 0 aliphatic carbocycles. The zero-order chi connectivity index (χ0) is 16.9. The van der Waals surface area contributed by atoms with Gasteiger partial charge in [0.25, 0.3) is 0 Å². The topological polar surface area (TPSA) is 48.5 Å². The van der Waals surface area contributed by atoms with E-state index in [1.807, 2.05) is 18.2 Å². The lowest BCUT2D eigenvalue weighted by molar-refractivity contribution is 0.142. The van der Waals surface area contributed by atoms with Gasteiger partial charge in [0.2, 0.25) is 0 Å². The molecular weight excluding hydrogens is 314 g/mol. The summed E-state index contributed by atoms with van der Waals surface area (Å²) in [6, 6.07) is 8.81. The van der Waals surface area contributed by atoms with Crippen molar-refractivity contribution >= 4 is 11.7 Å². The van der Waals surface area contributed by atoms with E-state index in [0.717, 1.165) is 37.5 Å². The maximum Gasteiger partial charge on any atom is 0.321 e. The van der Waals surface area contributed by atoms with Crippen LogP contribution in [0.4, 0.5) is 19.3 Å². The van der Waals surface area contributed by atoms with Gasteiger partial charge in [0.1, 0.15) is 0 Å². The lowest BCUT2D eigenvalue weighted by atomic mass is 10.2. The number of pyridine rings is 1. The van der Waals surface area contributed by atoms with E-state index < -0.39 is 11.6 Å². The molecule has 1 aliphatic heterocycles. The Labute approximate surface area is 138 Å². The van der Waals surface area contributed by atoms with Crippen molar-refractivity contribution in [3.05, 3.63) is 59.9 Å². The molecule has 126 valence electrons. The maximum atomic E-state index is 13.2. The lowest BCUT2D eigenvalue weighted by Crippen LogP contribution is -2.49. The van der Waals surface area contributed by atoms with Crippen molar-refractivity contribution < 1.29 is 13.6 Å². The number of aromatic nitrogens is 1. The Kier molecular flexibility index (Phi) is 5.00. The van der Waals surface area contributed by atoms with Crippen LogP contribution in [0.15, 0.2) is 42.6 Å². The third-order valence-corrected chi connectivity index (χ3v) is 3.94. The summed E-state index contributed by atoms with van der Waals surface area (Å²) in [5.41, 5.74) is 1.24. The molecule has 1 N–H and O–H groups in total. The number of carbonyl (C=O) groups excluding carboxylic acids is 1. The van der Waals surface area contributed by atoms with Gasteiger partial charge in [-0.1, -0.05) is 6.07 Å². The Hall–Kier alpha value is -2.54. The molecule has 1 aliphatic rings. The number of nitrogens with zero attached hydrogens (tertiary/aromatic N) is 3. The third kappa shape index (κ3) is 4.05. The average Bonchev–Trinajstić information content (AvgIpc) is 2.60. The van der Waals surface area contributed by atoms with Crippen LogP contribution in [0.2, 0.25) is 0 Å². The fourth-order valence-electron chi connectivity index (χ4n) is 2.61. The van der Waals surface area contributed by atoms with Gasteiger partial charge in [-0.05, 0) is 24.3 Å². The van der Waals surface area contributed by atoms with Gasteiger partial charge in [0.05, 0.1) is 5.69 Å². The third-order valence-electron chi connectivity index (χ3n) is 3.94. The summed E-state index contributed by atoms with van der Waals surface area (Å²) in [6.07, 6.45) is 1.76. The van der Waals surface area contributed by atoms with Crippen molar-refractivity contribution in [3.63, 3.8) is 0 Å². The molecule has 0 bridgehead atoms. The summed E-state index contributed by atoms with van der Waals surface area (Å²) in [4.78, 5) is 20.4. The summed E-state index contributed by atoms with van der Waals surface area (Å²) < 4.78 is 26.1. The van der Waals surface area contributed by atoms with E-state index in [2.05, 4.69) is 15.2 Å². The minimum Gasteiger partial charge on any atom is -0.322 e. The molecule has 2 aromatic rings. The number of hydrogen-bond donors (Lipinski definition) is 1. The molecule has 3 rings (SSSR count). The highest BCUT2D eigenvalue weighted by Gasteiger charge is 2.21. The number of halogens is 2. The van der Waals surface area contributed by atoms with Crippen LogP contribution < -0.4 is 5.32 Å². The standard InChI is InChI=1S/C17H18F2N4O/c18-15-5-4-13(11-16(15)19)21-17(24)23-9-7-22(8-10-23)12-14-3-1-2-6-20-14/h1-6,11H,7-10,12H2,(H,21,24). The summed E-state index contributed by atoms with van der Waals surface area (Å²) in [5.74, 6) is -1.91.